The number of hydrogen-bond donors (Lipinski definition) is 2. The fraction of sp³-hybridized carbons (Fsp3) is 0.364. The van der Waals surface area contributed by atoms with Crippen molar-refractivity contribution >= 4 is 23.5 Å². The van der Waals surface area contributed by atoms with Crippen molar-refractivity contribution in [1.82, 2.24) is 10.1 Å². The van der Waals surface area contributed by atoms with Gasteiger partial charge in [-0.2, -0.15) is 4.98 Å². The van der Waals surface area contributed by atoms with Gasteiger partial charge in [0.05, 0.1) is 10.6 Å². The molecule has 0 saturated heterocycles. The van der Waals surface area contributed by atoms with Crippen LogP contribution in [0.5, 0.6) is 5.75 Å². The van der Waals surface area contributed by atoms with Gasteiger partial charge in [-0.25, -0.2) is 0 Å². The molecule has 1 aromatic heterocycles. The van der Waals surface area contributed by atoms with Gasteiger partial charge < -0.3 is 19.0 Å². The maximum Gasteiger partial charge on any atom is 0.325 e. The van der Waals surface area contributed by atoms with Crippen LogP contribution in [-0.2, 0) is 11.0 Å². The van der Waals surface area contributed by atoms with E-state index in [1.807, 2.05) is 56.3 Å². The Morgan fingerprint density at radius 2 is 1.77 bits per heavy atom. The van der Waals surface area contributed by atoms with E-state index < -0.39 is 7.60 Å². The first-order valence-corrected chi connectivity index (χ1v) is 12.7. The second-order valence-corrected chi connectivity index (χ2v) is 10.3. The summed E-state index contributed by atoms with van der Waals surface area (Å²) in [7, 11) is -3.88. The van der Waals surface area contributed by atoms with Crippen molar-refractivity contribution < 1.29 is 23.6 Å². The molecule has 166 valence electrons. The van der Waals surface area contributed by atoms with Crippen molar-refractivity contribution in [3.8, 4) is 28.6 Å². The number of nitrogens with zero attached hydrogens (tertiary/aromatic N) is 2. The molecule has 3 aromatic rings. The number of aryl methyl sites for hydroxylation is 1. The lowest BCUT2D eigenvalue weighted by atomic mass is 10.1. The van der Waals surface area contributed by atoms with Gasteiger partial charge >= 0.3 is 7.60 Å². The highest BCUT2D eigenvalue weighted by Crippen LogP contribution is 2.35. The Bertz CT molecular complexity index is 1050. The monoisotopic (exact) mass is 508 g/mol. The molecule has 0 fully saturated rings. The summed E-state index contributed by atoms with van der Waals surface area (Å²) >= 11 is 3.52. The number of hydrogen-bond acceptors (Lipinski definition) is 5. The first kappa shape index (κ1) is 23.7. The topological polar surface area (TPSA) is 106 Å². The first-order valence-electron chi connectivity index (χ1n) is 10.2. The van der Waals surface area contributed by atoms with Crippen LogP contribution < -0.4 is 4.74 Å². The molecular weight excluding hydrogens is 483 g/mol. The van der Waals surface area contributed by atoms with Crippen LogP contribution in [0.1, 0.15) is 38.7 Å². The Morgan fingerprint density at radius 1 is 1.06 bits per heavy atom. The number of ether oxygens (including phenoxy) is 1. The van der Waals surface area contributed by atoms with Gasteiger partial charge in [0.15, 0.2) is 0 Å². The number of aromatic nitrogens is 2. The van der Waals surface area contributed by atoms with Crippen molar-refractivity contribution in [3.63, 3.8) is 0 Å². The molecule has 0 saturated carbocycles. The lowest BCUT2D eigenvalue weighted by Crippen LogP contribution is -2.05. The van der Waals surface area contributed by atoms with E-state index in [1.54, 1.807) is 0 Å². The van der Waals surface area contributed by atoms with Crippen LogP contribution in [0.4, 0.5) is 0 Å². The average Bonchev–Trinajstić information content (AvgIpc) is 3.19. The quantitative estimate of drug-likeness (QED) is 0.261. The summed E-state index contributed by atoms with van der Waals surface area (Å²) in [5.41, 5.74) is 2.82. The molecule has 0 aliphatic heterocycles. The van der Waals surface area contributed by atoms with Gasteiger partial charge in [0.1, 0.15) is 5.75 Å². The van der Waals surface area contributed by atoms with Crippen molar-refractivity contribution in [1.29, 1.82) is 0 Å². The molecule has 0 bridgehead atoms. The summed E-state index contributed by atoms with van der Waals surface area (Å²) < 4.78 is 22.9. The largest absolute Gasteiger partial charge is 0.490 e. The van der Waals surface area contributed by atoms with E-state index in [0.717, 1.165) is 46.2 Å². The van der Waals surface area contributed by atoms with Gasteiger partial charge in [-0.1, -0.05) is 35.8 Å². The predicted molar refractivity (Wildman–Crippen MR) is 123 cm³/mol. The summed E-state index contributed by atoms with van der Waals surface area (Å²) in [6.07, 6.45) is 3.11. The molecule has 0 aliphatic rings. The third-order valence-corrected chi connectivity index (χ3v) is 6.11. The Morgan fingerprint density at radius 3 is 2.42 bits per heavy atom. The molecule has 3 rings (SSSR count). The van der Waals surface area contributed by atoms with Gasteiger partial charge in [0, 0.05) is 17.3 Å². The fourth-order valence-electron chi connectivity index (χ4n) is 3.09. The maximum absolute atomic E-state index is 10.9. The number of halogens is 1. The summed E-state index contributed by atoms with van der Waals surface area (Å²) in [4.78, 5) is 22.3. The lowest BCUT2D eigenvalue weighted by molar-refractivity contribution is 0.241. The molecule has 31 heavy (non-hydrogen) atoms. The minimum absolute atomic E-state index is 0.0455. The van der Waals surface area contributed by atoms with Crippen molar-refractivity contribution in [2.75, 3.05) is 6.16 Å². The van der Waals surface area contributed by atoms with Gasteiger partial charge in [0.2, 0.25) is 5.82 Å². The Labute approximate surface area is 190 Å². The molecule has 0 amide bonds. The Balaban J connectivity index is 1.60. The second kappa shape index (κ2) is 10.6. The van der Waals surface area contributed by atoms with E-state index in [-0.39, 0.29) is 12.3 Å². The predicted octanol–water partition coefficient (Wildman–Crippen LogP) is 5.84. The lowest BCUT2D eigenvalue weighted by Gasteiger charge is -2.11. The third kappa shape index (κ3) is 7.28. The van der Waals surface area contributed by atoms with E-state index >= 15 is 0 Å². The normalized spacial score (nSPS) is 11.8. The molecule has 0 atom stereocenters. The van der Waals surface area contributed by atoms with Gasteiger partial charge in [-0.15, -0.1) is 0 Å². The van der Waals surface area contributed by atoms with Gasteiger partial charge in [-0.05, 0) is 72.8 Å². The van der Waals surface area contributed by atoms with Crippen LogP contribution in [0, 0.1) is 0 Å². The van der Waals surface area contributed by atoms with Gasteiger partial charge in [0.25, 0.3) is 5.89 Å². The molecule has 7 nitrogen and oxygen atoms in total. The number of rotatable bonds is 10. The van der Waals surface area contributed by atoms with E-state index in [9.17, 15) is 4.57 Å². The Kier molecular flexibility index (Phi) is 8.06. The molecule has 9 heteroatoms. The van der Waals surface area contributed by atoms with Crippen molar-refractivity contribution in [2.24, 2.45) is 0 Å². The minimum atomic E-state index is -3.88. The standard InChI is InChI=1S/C22H26BrN2O5P/c1-15(2)29-20-12-11-18(14-19(20)23)22-24-21(25-30-22)17-9-7-16(8-10-17)6-4-3-5-13-31(26,27)28/h7-12,14-15H,3-6,13H2,1-2H3,(H2,26,27,28). The van der Waals surface area contributed by atoms with E-state index in [0.29, 0.717) is 18.1 Å². The summed E-state index contributed by atoms with van der Waals surface area (Å²) in [6, 6.07) is 13.6. The summed E-state index contributed by atoms with van der Waals surface area (Å²) in [5.74, 6) is 1.71. The van der Waals surface area contributed by atoms with E-state index in [4.69, 9.17) is 19.0 Å². The van der Waals surface area contributed by atoms with Crippen molar-refractivity contribution in [2.45, 2.75) is 45.6 Å². The molecule has 1 heterocycles. The maximum atomic E-state index is 10.9. The Hall–Kier alpha value is -1.99. The zero-order valence-corrected chi connectivity index (χ0v) is 20.0. The van der Waals surface area contributed by atoms with Crippen LogP contribution >= 0.6 is 23.5 Å². The zero-order valence-electron chi connectivity index (χ0n) is 17.5. The molecular formula is C22H26BrN2O5P. The van der Waals surface area contributed by atoms with Crippen molar-refractivity contribution in [3.05, 3.63) is 52.5 Å². The molecule has 2 N–H and O–H groups in total. The number of benzene rings is 2. The van der Waals surface area contributed by atoms with Gasteiger partial charge in [-0.3, -0.25) is 4.57 Å². The molecule has 0 aliphatic carbocycles. The molecule has 2 aromatic carbocycles. The zero-order chi connectivity index (χ0) is 22.4. The minimum Gasteiger partial charge on any atom is -0.490 e. The van der Waals surface area contributed by atoms with E-state index in [2.05, 4.69) is 26.1 Å². The molecule has 0 unspecified atom stereocenters. The highest BCUT2D eigenvalue weighted by atomic mass is 79.9. The van der Waals surface area contributed by atoms with Crippen LogP contribution in [0.3, 0.4) is 0 Å². The summed E-state index contributed by atoms with van der Waals surface area (Å²) in [5, 5.41) is 4.10. The SMILES string of the molecule is CC(C)Oc1ccc(-c2nc(-c3ccc(CCCCCP(=O)(O)O)cc3)no2)cc1Br. The highest BCUT2D eigenvalue weighted by Gasteiger charge is 2.14. The van der Waals surface area contributed by atoms with Crippen LogP contribution in [0.15, 0.2) is 51.5 Å². The summed E-state index contributed by atoms with van der Waals surface area (Å²) in [6.45, 7) is 3.95. The number of unbranched alkanes of at least 4 members (excludes halogenated alkanes) is 2. The van der Waals surface area contributed by atoms with Crippen LogP contribution in [0.25, 0.3) is 22.8 Å². The van der Waals surface area contributed by atoms with Crippen LogP contribution in [-0.4, -0.2) is 32.2 Å². The van der Waals surface area contributed by atoms with Crippen LogP contribution in [0.2, 0.25) is 0 Å². The molecule has 0 radical (unpaired) electrons. The third-order valence-electron chi connectivity index (χ3n) is 4.59. The first-order chi connectivity index (χ1) is 14.7. The second-order valence-electron chi connectivity index (χ2n) is 7.63. The van der Waals surface area contributed by atoms with E-state index in [1.165, 1.54) is 0 Å². The molecule has 0 spiro atoms. The average molecular weight is 509 g/mol. The smallest absolute Gasteiger partial charge is 0.325 e. The highest BCUT2D eigenvalue weighted by molar-refractivity contribution is 9.10. The fourth-order valence-corrected chi connectivity index (χ4v) is 4.19.